The topological polar surface area (TPSA) is 120 Å². The number of carboxylic acids is 1. The Morgan fingerprint density at radius 2 is 1.81 bits per heavy atom. The summed E-state index contributed by atoms with van der Waals surface area (Å²) in [5.74, 6) is -3.89. The Balaban J connectivity index is 1.62. The highest BCUT2D eigenvalue weighted by Crippen LogP contribution is 2.43. The number of piperazine rings is 1. The number of amides is 1. The van der Waals surface area contributed by atoms with Gasteiger partial charge in [-0.1, -0.05) is 6.07 Å². The lowest BCUT2D eigenvalue weighted by atomic mass is 10.00. The van der Waals surface area contributed by atoms with Gasteiger partial charge in [0.15, 0.2) is 5.25 Å². The molecule has 1 amide bonds. The molecule has 0 aromatic heterocycles. The van der Waals surface area contributed by atoms with E-state index in [-0.39, 0.29) is 55.3 Å². The average molecular weight is 633 g/mol. The van der Waals surface area contributed by atoms with Crippen LogP contribution >= 0.6 is 0 Å². The van der Waals surface area contributed by atoms with Gasteiger partial charge in [0.1, 0.15) is 11.6 Å². The van der Waals surface area contributed by atoms with Crippen LogP contribution in [0.2, 0.25) is 0 Å². The lowest BCUT2D eigenvalue weighted by molar-refractivity contribution is -0.138. The standard InChI is InChI=1S/C26H22F6N4O6S/c27-17-5-15(6-19(9-17)42-25(28)29)14-1-2-20-21(7-14)36(12-18-11-34(13-23(37)38)3-4-35(18)20)43(40,41)22-8-16(26(30,31)32)10-33-24(22)39/h1-2,5-10,18,22,25H,3-4,11-13H2,(H,37,38)/t18-,22?/m0/s1. The van der Waals surface area contributed by atoms with Crippen LogP contribution in [0.1, 0.15) is 0 Å². The number of sulfonamides is 1. The van der Waals surface area contributed by atoms with Gasteiger partial charge < -0.3 is 14.7 Å². The predicted octanol–water partition coefficient (Wildman–Crippen LogP) is 3.29. The van der Waals surface area contributed by atoms with E-state index >= 15 is 0 Å². The lowest BCUT2D eigenvalue weighted by Gasteiger charge is -2.49. The maximum atomic E-state index is 14.3. The molecule has 2 atom stereocenters. The van der Waals surface area contributed by atoms with Crippen LogP contribution in [0.3, 0.4) is 0 Å². The van der Waals surface area contributed by atoms with Gasteiger partial charge in [-0.2, -0.15) is 22.0 Å². The number of halogens is 6. The van der Waals surface area contributed by atoms with Gasteiger partial charge in [0.05, 0.1) is 36.1 Å². The van der Waals surface area contributed by atoms with Crippen LogP contribution in [0.5, 0.6) is 5.75 Å². The molecular formula is C26H22F6N4O6S. The van der Waals surface area contributed by atoms with Crippen molar-refractivity contribution in [3.8, 4) is 16.9 Å². The lowest BCUT2D eigenvalue weighted by Crippen LogP contribution is -2.62. The number of alkyl halides is 5. The molecule has 0 aliphatic carbocycles. The number of carboxylic acid groups (broad SMARTS) is 1. The van der Waals surface area contributed by atoms with Crippen molar-refractivity contribution in [3.63, 3.8) is 0 Å². The first-order chi connectivity index (χ1) is 20.1. The number of fused-ring (bicyclic) bond motifs is 3. The van der Waals surface area contributed by atoms with E-state index in [1.165, 1.54) is 18.2 Å². The van der Waals surface area contributed by atoms with Gasteiger partial charge in [-0.05, 0) is 41.5 Å². The van der Waals surface area contributed by atoms with Crippen molar-refractivity contribution in [1.29, 1.82) is 0 Å². The summed E-state index contributed by atoms with van der Waals surface area (Å²) < 4.78 is 113. The minimum atomic E-state index is -4.99. The van der Waals surface area contributed by atoms with Crippen LogP contribution in [0.15, 0.2) is 53.0 Å². The Morgan fingerprint density at radius 1 is 1.07 bits per heavy atom. The third-order valence-electron chi connectivity index (χ3n) is 7.15. The van der Waals surface area contributed by atoms with Crippen molar-refractivity contribution in [2.24, 2.45) is 4.99 Å². The summed E-state index contributed by atoms with van der Waals surface area (Å²) in [6.07, 6.45) is -4.47. The number of nitrogens with zero attached hydrogens (tertiary/aromatic N) is 4. The highest BCUT2D eigenvalue weighted by atomic mass is 32.2. The second-order valence-corrected chi connectivity index (χ2v) is 11.9. The summed E-state index contributed by atoms with van der Waals surface area (Å²) in [6.45, 7) is -3.32. The largest absolute Gasteiger partial charge is 0.480 e. The average Bonchev–Trinajstić information content (AvgIpc) is 2.90. The molecule has 1 N–H and O–H groups in total. The van der Waals surface area contributed by atoms with Crippen molar-refractivity contribution in [2.45, 2.75) is 24.1 Å². The molecule has 3 aliphatic rings. The van der Waals surface area contributed by atoms with Crippen LogP contribution in [0.4, 0.5) is 37.7 Å². The third kappa shape index (κ3) is 6.17. The first kappa shape index (κ1) is 30.3. The van der Waals surface area contributed by atoms with Gasteiger partial charge in [-0.25, -0.2) is 17.8 Å². The zero-order valence-electron chi connectivity index (χ0n) is 21.8. The molecular weight excluding hydrogens is 610 g/mol. The number of carbonyl (C=O) groups is 2. The molecule has 0 bridgehead atoms. The van der Waals surface area contributed by atoms with Gasteiger partial charge in [0.25, 0.3) is 15.9 Å². The molecule has 1 saturated heterocycles. The monoisotopic (exact) mass is 632 g/mol. The van der Waals surface area contributed by atoms with E-state index in [0.717, 1.165) is 22.5 Å². The van der Waals surface area contributed by atoms with E-state index < -0.39 is 63.1 Å². The quantitative estimate of drug-likeness (QED) is 0.462. The summed E-state index contributed by atoms with van der Waals surface area (Å²) >= 11 is 0. The van der Waals surface area contributed by atoms with Gasteiger partial charge in [0.2, 0.25) is 0 Å². The molecule has 17 heteroatoms. The zero-order valence-corrected chi connectivity index (χ0v) is 22.7. The molecule has 0 spiro atoms. The van der Waals surface area contributed by atoms with E-state index in [1.54, 1.807) is 9.80 Å². The Hall–Kier alpha value is -4.12. The smallest absolute Gasteiger partial charge is 0.417 e. The van der Waals surface area contributed by atoms with Crippen LogP contribution < -0.4 is 13.9 Å². The van der Waals surface area contributed by atoms with Crippen LogP contribution in [0.25, 0.3) is 11.1 Å². The molecule has 2 aromatic rings. The highest BCUT2D eigenvalue weighted by Gasteiger charge is 2.46. The third-order valence-corrected chi connectivity index (χ3v) is 9.09. The Kier molecular flexibility index (Phi) is 7.89. The Morgan fingerprint density at radius 3 is 2.49 bits per heavy atom. The molecule has 230 valence electrons. The van der Waals surface area contributed by atoms with Crippen LogP contribution in [-0.4, -0.2) is 93.3 Å². The fraction of sp³-hybridized carbons (Fsp3) is 0.346. The van der Waals surface area contributed by atoms with Crippen LogP contribution in [0, 0.1) is 5.82 Å². The summed E-state index contributed by atoms with van der Waals surface area (Å²) in [6, 6.07) is 6.40. The second kappa shape index (κ2) is 11.2. The fourth-order valence-corrected chi connectivity index (χ4v) is 7.02. The molecule has 43 heavy (non-hydrogen) atoms. The van der Waals surface area contributed by atoms with Gasteiger partial charge in [-0.3, -0.25) is 18.8 Å². The summed E-state index contributed by atoms with van der Waals surface area (Å²) in [5, 5.41) is 6.91. The van der Waals surface area contributed by atoms with Crippen LogP contribution in [-0.2, 0) is 19.6 Å². The molecule has 5 rings (SSSR count). The number of hydrogen-bond donors (Lipinski definition) is 1. The second-order valence-electron chi connectivity index (χ2n) is 9.95. The molecule has 1 fully saturated rings. The summed E-state index contributed by atoms with van der Waals surface area (Å²) in [7, 11) is -4.93. The molecule has 3 heterocycles. The summed E-state index contributed by atoms with van der Waals surface area (Å²) in [4.78, 5) is 30.4. The first-order valence-electron chi connectivity index (χ1n) is 12.6. The maximum absolute atomic E-state index is 14.3. The van der Waals surface area contributed by atoms with E-state index in [0.29, 0.717) is 12.2 Å². The van der Waals surface area contributed by atoms with Crippen molar-refractivity contribution in [3.05, 3.63) is 53.9 Å². The molecule has 1 unspecified atom stereocenters. The number of dihydropyridines is 1. The number of ether oxygens (including phenoxy) is 1. The predicted molar refractivity (Wildman–Crippen MR) is 141 cm³/mol. The number of anilines is 2. The SMILES string of the molecule is O=C(O)CN1CCN2c3ccc(-c4cc(F)cc(OC(F)F)c4)cc3N(S(=O)(=O)C3C=C(C(F)(F)F)C=NC3=O)C[C@@H]2C1. The van der Waals surface area contributed by atoms with Gasteiger partial charge >= 0.3 is 18.8 Å². The van der Waals surface area contributed by atoms with E-state index in [1.807, 2.05) is 0 Å². The first-order valence-corrected chi connectivity index (χ1v) is 14.1. The normalized spacial score (nSPS) is 21.0. The van der Waals surface area contributed by atoms with E-state index in [2.05, 4.69) is 9.73 Å². The number of aliphatic imine (C=N–C) groups is 1. The molecule has 0 radical (unpaired) electrons. The minimum Gasteiger partial charge on any atom is -0.480 e. The maximum Gasteiger partial charge on any atom is 0.417 e. The fourth-order valence-electron chi connectivity index (χ4n) is 5.31. The number of aliphatic carboxylic acids is 1. The van der Waals surface area contributed by atoms with Crippen molar-refractivity contribution >= 4 is 39.5 Å². The number of rotatable bonds is 7. The van der Waals surface area contributed by atoms with E-state index in [4.69, 9.17) is 0 Å². The summed E-state index contributed by atoms with van der Waals surface area (Å²) in [5.41, 5.74) is -1.01. The number of hydrogen-bond acceptors (Lipinski definition) is 7. The molecule has 10 nitrogen and oxygen atoms in total. The van der Waals surface area contributed by atoms with E-state index in [9.17, 15) is 49.5 Å². The number of carbonyl (C=O) groups excluding carboxylic acids is 1. The zero-order chi connectivity index (χ0) is 31.3. The van der Waals surface area contributed by atoms with Crippen molar-refractivity contribution < 1.29 is 54.2 Å². The minimum absolute atomic E-state index is 0.0294. The van der Waals surface area contributed by atoms with Crippen molar-refractivity contribution in [1.82, 2.24) is 4.90 Å². The highest BCUT2D eigenvalue weighted by molar-refractivity contribution is 7.94. The number of benzene rings is 2. The molecule has 0 saturated carbocycles. The van der Waals surface area contributed by atoms with Gasteiger partial charge in [-0.15, -0.1) is 0 Å². The Bertz CT molecular complexity index is 1630. The number of allylic oxidation sites excluding steroid dienone is 1. The molecule has 2 aromatic carbocycles. The Labute approximate surface area is 240 Å². The molecule has 3 aliphatic heterocycles. The van der Waals surface area contributed by atoms with Gasteiger partial charge in [0, 0.05) is 31.9 Å². The van der Waals surface area contributed by atoms with Crippen molar-refractivity contribution in [2.75, 3.05) is 41.9 Å².